The molecule has 2 nitrogen and oxygen atoms in total. The van der Waals surface area contributed by atoms with E-state index in [1.165, 1.54) is 11.1 Å². The first-order valence-electron chi connectivity index (χ1n) is 6.08. The quantitative estimate of drug-likeness (QED) is 0.782. The molecule has 1 aromatic rings. The lowest BCUT2D eigenvalue weighted by molar-refractivity contribution is -0.138. The van der Waals surface area contributed by atoms with Crippen molar-refractivity contribution in [1.29, 1.82) is 0 Å². The number of methoxy groups -OCH3 is 1. The van der Waals surface area contributed by atoms with E-state index in [1.807, 2.05) is 45.9 Å². The molecule has 0 aliphatic heterocycles. The first kappa shape index (κ1) is 13.9. The molecule has 0 saturated carbocycles. The Morgan fingerprint density at radius 1 is 1.29 bits per heavy atom. The maximum Gasteiger partial charge on any atom is 0.168 e. The van der Waals surface area contributed by atoms with Crippen molar-refractivity contribution >= 4 is 5.78 Å². The Balaban J connectivity index is 2.96. The molecule has 0 radical (unpaired) electrons. The fourth-order valence-corrected chi connectivity index (χ4v) is 1.93. The maximum absolute atomic E-state index is 12.3. The molecular formula is C15H22O2. The number of benzene rings is 1. The number of rotatable bonds is 5. The second kappa shape index (κ2) is 5.46. The third kappa shape index (κ3) is 2.95. The average Bonchev–Trinajstić information content (AvgIpc) is 2.32. The lowest BCUT2D eigenvalue weighted by Gasteiger charge is -2.25. The molecule has 1 aromatic carbocycles. The summed E-state index contributed by atoms with van der Waals surface area (Å²) in [4.78, 5) is 12.3. The molecule has 0 fully saturated rings. The highest BCUT2D eigenvalue weighted by atomic mass is 16.5. The van der Waals surface area contributed by atoms with Crippen molar-refractivity contribution in [1.82, 2.24) is 0 Å². The van der Waals surface area contributed by atoms with Crippen LogP contribution in [0.1, 0.15) is 37.0 Å². The van der Waals surface area contributed by atoms with Crippen LogP contribution in [0.4, 0.5) is 0 Å². The van der Waals surface area contributed by atoms with Crippen molar-refractivity contribution in [2.45, 2.75) is 46.1 Å². The molecule has 17 heavy (non-hydrogen) atoms. The van der Waals surface area contributed by atoms with Crippen LogP contribution in [0.15, 0.2) is 18.2 Å². The van der Waals surface area contributed by atoms with Crippen LogP contribution in [0, 0.1) is 13.8 Å². The van der Waals surface area contributed by atoms with E-state index in [1.54, 1.807) is 7.11 Å². The Morgan fingerprint density at radius 2 is 1.82 bits per heavy atom. The summed E-state index contributed by atoms with van der Waals surface area (Å²) in [6.07, 6.45) is 1.16. The summed E-state index contributed by atoms with van der Waals surface area (Å²) in [5.74, 6) is 0.153. The van der Waals surface area contributed by atoms with Crippen LogP contribution in [0.5, 0.6) is 0 Å². The molecule has 1 unspecified atom stereocenters. The second-order valence-corrected chi connectivity index (χ2v) is 4.76. The van der Waals surface area contributed by atoms with Crippen molar-refractivity contribution in [2.75, 3.05) is 7.11 Å². The summed E-state index contributed by atoms with van der Waals surface area (Å²) in [7, 11) is 1.60. The Kier molecular flexibility index (Phi) is 4.47. The Morgan fingerprint density at radius 3 is 2.24 bits per heavy atom. The van der Waals surface area contributed by atoms with Gasteiger partial charge in [-0.1, -0.05) is 25.1 Å². The molecule has 0 amide bonds. The highest BCUT2D eigenvalue weighted by Gasteiger charge is 2.30. The molecule has 2 heteroatoms. The van der Waals surface area contributed by atoms with Gasteiger partial charge in [-0.3, -0.25) is 4.79 Å². The van der Waals surface area contributed by atoms with Crippen molar-refractivity contribution in [3.05, 3.63) is 34.9 Å². The Hall–Kier alpha value is -1.15. The first-order valence-corrected chi connectivity index (χ1v) is 6.08. The van der Waals surface area contributed by atoms with E-state index in [4.69, 9.17) is 4.74 Å². The molecule has 0 aliphatic carbocycles. The van der Waals surface area contributed by atoms with E-state index in [0.29, 0.717) is 12.8 Å². The number of hydrogen-bond donors (Lipinski definition) is 0. The molecule has 94 valence electrons. The number of hydrogen-bond acceptors (Lipinski definition) is 2. The van der Waals surface area contributed by atoms with E-state index in [2.05, 4.69) is 0 Å². The van der Waals surface area contributed by atoms with Gasteiger partial charge in [0.15, 0.2) is 5.78 Å². The number of aryl methyl sites for hydroxylation is 2. The topological polar surface area (TPSA) is 26.3 Å². The molecule has 0 spiro atoms. The molecule has 0 aromatic heterocycles. The van der Waals surface area contributed by atoms with Crippen LogP contribution in [0.2, 0.25) is 0 Å². The predicted molar refractivity (Wildman–Crippen MR) is 70.3 cm³/mol. The van der Waals surface area contributed by atoms with Crippen LogP contribution in [0.25, 0.3) is 0 Å². The van der Waals surface area contributed by atoms with E-state index in [-0.39, 0.29) is 5.78 Å². The summed E-state index contributed by atoms with van der Waals surface area (Å²) < 4.78 is 5.35. The second-order valence-electron chi connectivity index (χ2n) is 4.76. The fraction of sp³-hybridized carbons (Fsp3) is 0.533. The standard InChI is InChI=1S/C15H22O2/c1-6-15(4,17-5)14(16)10-13-11(2)8-7-9-12(13)3/h7-9H,6,10H2,1-5H3. The smallest absolute Gasteiger partial charge is 0.168 e. The number of Topliss-reactive ketones (excluding diaryl/α,β-unsaturated/α-hetero) is 1. The normalized spacial score (nSPS) is 14.4. The van der Waals surface area contributed by atoms with Gasteiger partial charge in [-0.2, -0.15) is 0 Å². The van der Waals surface area contributed by atoms with Crippen LogP contribution in [0.3, 0.4) is 0 Å². The fourth-order valence-electron chi connectivity index (χ4n) is 1.93. The number of ether oxygens (including phenoxy) is 1. The lowest BCUT2D eigenvalue weighted by Crippen LogP contribution is -2.38. The van der Waals surface area contributed by atoms with Crippen molar-refractivity contribution < 1.29 is 9.53 Å². The van der Waals surface area contributed by atoms with Gasteiger partial charge in [0.1, 0.15) is 5.60 Å². The monoisotopic (exact) mass is 234 g/mol. The van der Waals surface area contributed by atoms with Gasteiger partial charge in [-0.25, -0.2) is 0 Å². The van der Waals surface area contributed by atoms with Gasteiger partial charge < -0.3 is 4.74 Å². The van der Waals surface area contributed by atoms with E-state index in [9.17, 15) is 4.79 Å². The van der Waals surface area contributed by atoms with Crippen LogP contribution < -0.4 is 0 Å². The van der Waals surface area contributed by atoms with Crippen LogP contribution >= 0.6 is 0 Å². The molecule has 0 N–H and O–H groups in total. The largest absolute Gasteiger partial charge is 0.371 e. The molecule has 0 aliphatic rings. The van der Waals surface area contributed by atoms with E-state index < -0.39 is 5.60 Å². The maximum atomic E-state index is 12.3. The van der Waals surface area contributed by atoms with Crippen molar-refractivity contribution in [3.8, 4) is 0 Å². The summed E-state index contributed by atoms with van der Waals surface area (Å²) >= 11 is 0. The molecule has 0 bridgehead atoms. The van der Waals surface area contributed by atoms with Gasteiger partial charge in [0.25, 0.3) is 0 Å². The minimum atomic E-state index is -0.658. The molecule has 0 saturated heterocycles. The number of carbonyl (C=O) groups excluding carboxylic acids is 1. The predicted octanol–water partition coefficient (Wildman–Crippen LogP) is 3.23. The van der Waals surface area contributed by atoms with E-state index >= 15 is 0 Å². The number of ketones is 1. The zero-order valence-electron chi connectivity index (χ0n) is 11.5. The Bertz CT molecular complexity index is 383. The molecule has 1 rings (SSSR count). The third-order valence-electron chi connectivity index (χ3n) is 3.70. The molecule has 0 heterocycles. The van der Waals surface area contributed by atoms with Crippen molar-refractivity contribution in [2.24, 2.45) is 0 Å². The van der Waals surface area contributed by atoms with Gasteiger partial charge in [-0.05, 0) is 43.9 Å². The molecule has 1 atom stereocenters. The minimum Gasteiger partial charge on any atom is -0.371 e. The summed E-state index contributed by atoms with van der Waals surface area (Å²) in [6, 6.07) is 6.12. The highest BCUT2D eigenvalue weighted by molar-refractivity contribution is 5.89. The van der Waals surface area contributed by atoms with Gasteiger partial charge in [0.2, 0.25) is 0 Å². The molecular weight excluding hydrogens is 212 g/mol. The van der Waals surface area contributed by atoms with Gasteiger partial charge in [0, 0.05) is 13.5 Å². The summed E-state index contributed by atoms with van der Waals surface area (Å²) in [5, 5.41) is 0. The Labute approximate surface area is 104 Å². The zero-order chi connectivity index (χ0) is 13.1. The van der Waals surface area contributed by atoms with Gasteiger partial charge >= 0.3 is 0 Å². The van der Waals surface area contributed by atoms with E-state index in [0.717, 1.165) is 5.56 Å². The number of carbonyl (C=O) groups is 1. The SMILES string of the molecule is CCC(C)(OC)C(=O)Cc1c(C)cccc1C. The average molecular weight is 234 g/mol. The van der Waals surface area contributed by atoms with Gasteiger partial charge in [-0.15, -0.1) is 0 Å². The lowest BCUT2D eigenvalue weighted by atomic mass is 9.89. The van der Waals surface area contributed by atoms with Gasteiger partial charge in [0.05, 0.1) is 0 Å². The summed E-state index contributed by atoms with van der Waals surface area (Å²) in [6.45, 7) is 7.94. The third-order valence-corrected chi connectivity index (χ3v) is 3.70. The zero-order valence-corrected chi connectivity index (χ0v) is 11.5. The summed E-state index contributed by atoms with van der Waals surface area (Å²) in [5.41, 5.74) is 2.82. The van der Waals surface area contributed by atoms with Crippen LogP contribution in [-0.4, -0.2) is 18.5 Å². The highest BCUT2D eigenvalue weighted by Crippen LogP contribution is 2.21. The minimum absolute atomic E-state index is 0.153. The van der Waals surface area contributed by atoms with Crippen LogP contribution in [-0.2, 0) is 16.0 Å². The first-order chi connectivity index (χ1) is 7.94. The van der Waals surface area contributed by atoms with Crippen molar-refractivity contribution in [3.63, 3.8) is 0 Å².